The van der Waals surface area contributed by atoms with Crippen molar-refractivity contribution in [1.82, 2.24) is 9.88 Å². The topological polar surface area (TPSA) is 53.2 Å². The lowest BCUT2D eigenvalue weighted by Gasteiger charge is -2.25. The summed E-state index contributed by atoms with van der Waals surface area (Å²) in [4.78, 5) is 29.0. The summed E-state index contributed by atoms with van der Waals surface area (Å²) < 4.78 is 0. The maximum atomic E-state index is 12.8. The molecular weight excluding hydrogens is 288 g/mol. The van der Waals surface area contributed by atoms with Crippen molar-refractivity contribution in [1.29, 1.82) is 0 Å². The number of carbonyl (C=O) groups is 1. The fourth-order valence-electron chi connectivity index (χ4n) is 3.52. The summed E-state index contributed by atoms with van der Waals surface area (Å²) in [6.45, 7) is 7.56. The van der Waals surface area contributed by atoms with Gasteiger partial charge in [-0.3, -0.25) is 9.59 Å². The van der Waals surface area contributed by atoms with E-state index in [0.29, 0.717) is 30.3 Å². The van der Waals surface area contributed by atoms with Crippen LogP contribution in [0.3, 0.4) is 0 Å². The Labute approximate surface area is 136 Å². The molecule has 120 valence electrons. The minimum atomic E-state index is -0.230. The number of nitrogens with one attached hydrogen (secondary N) is 1. The number of aryl methyl sites for hydroxylation is 1. The number of aromatic nitrogens is 1. The largest absolute Gasteiger partial charge is 0.337 e. The number of aromatic amines is 1. The minimum absolute atomic E-state index is 0.00720. The first-order chi connectivity index (χ1) is 10.9. The lowest BCUT2D eigenvalue weighted by molar-refractivity contribution is 0.0777. The normalized spacial score (nSPS) is 19.8. The van der Waals surface area contributed by atoms with Crippen molar-refractivity contribution < 1.29 is 4.79 Å². The molecule has 1 aliphatic rings. The fourth-order valence-corrected chi connectivity index (χ4v) is 3.52. The number of likely N-dealkylation sites (tertiary alicyclic amines) is 1. The van der Waals surface area contributed by atoms with Crippen molar-refractivity contribution in [2.45, 2.75) is 26.7 Å². The zero-order valence-corrected chi connectivity index (χ0v) is 13.8. The van der Waals surface area contributed by atoms with Gasteiger partial charge in [0.2, 0.25) is 5.56 Å². The van der Waals surface area contributed by atoms with Crippen LogP contribution in [0.1, 0.15) is 41.4 Å². The molecule has 1 N–H and O–H groups in total. The molecule has 0 bridgehead atoms. The lowest BCUT2D eigenvalue weighted by Crippen LogP contribution is -2.31. The maximum Gasteiger partial charge on any atom is 0.254 e. The second kappa shape index (κ2) is 5.69. The van der Waals surface area contributed by atoms with Crippen LogP contribution in [0.5, 0.6) is 0 Å². The Kier molecular flexibility index (Phi) is 3.84. The summed E-state index contributed by atoms with van der Waals surface area (Å²) >= 11 is 0. The third-order valence-corrected chi connectivity index (χ3v) is 4.66. The predicted molar refractivity (Wildman–Crippen MR) is 90.7 cm³/mol. The van der Waals surface area contributed by atoms with Crippen molar-refractivity contribution in [2.24, 2.45) is 5.41 Å². The Hall–Kier alpha value is -2.36. The molecule has 23 heavy (non-hydrogen) atoms. The first kappa shape index (κ1) is 15.5. The van der Waals surface area contributed by atoms with Crippen LogP contribution < -0.4 is 5.56 Å². The number of benzene rings is 1. The molecule has 4 nitrogen and oxygen atoms in total. The molecule has 2 heterocycles. The van der Waals surface area contributed by atoms with E-state index in [9.17, 15) is 9.59 Å². The molecule has 0 spiro atoms. The molecular formula is C19H22N2O2. The van der Waals surface area contributed by atoms with Gasteiger partial charge in [0.05, 0.1) is 0 Å². The van der Waals surface area contributed by atoms with E-state index in [1.54, 1.807) is 13.0 Å². The number of rotatable bonds is 2. The molecule has 1 fully saturated rings. The van der Waals surface area contributed by atoms with E-state index in [-0.39, 0.29) is 16.9 Å². The number of hydrogen-bond acceptors (Lipinski definition) is 2. The lowest BCUT2D eigenvalue weighted by atomic mass is 9.78. The molecule has 1 amide bonds. The average molecular weight is 310 g/mol. The molecule has 1 saturated heterocycles. The van der Waals surface area contributed by atoms with E-state index in [0.717, 1.165) is 0 Å². The van der Waals surface area contributed by atoms with E-state index in [4.69, 9.17) is 0 Å². The van der Waals surface area contributed by atoms with Crippen LogP contribution in [0.25, 0.3) is 0 Å². The molecule has 0 aliphatic carbocycles. The summed E-state index contributed by atoms with van der Waals surface area (Å²) in [6.07, 6.45) is 0. The zero-order chi connectivity index (χ0) is 16.6. The monoisotopic (exact) mass is 310 g/mol. The van der Waals surface area contributed by atoms with Crippen LogP contribution in [-0.2, 0) is 0 Å². The van der Waals surface area contributed by atoms with Crippen molar-refractivity contribution in [3.8, 4) is 0 Å². The van der Waals surface area contributed by atoms with E-state index in [1.807, 2.05) is 23.1 Å². The molecule has 3 rings (SSSR count). The van der Waals surface area contributed by atoms with Gasteiger partial charge in [-0.1, -0.05) is 44.2 Å². The standard InChI is InChI=1S/C19H22N2O2/c1-13-9-15(10-17(22)20-13)18(23)21-11-16(19(2,3)12-21)14-7-5-4-6-8-14/h4-10,16H,11-12H2,1-3H3,(H,20,22). The van der Waals surface area contributed by atoms with Crippen LogP contribution in [0, 0.1) is 12.3 Å². The van der Waals surface area contributed by atoms with E-state index >= 15 is 0 Å². The number of amides is 1. The van der Waals surface area contributed by atoms with Gasteiger partial charge in [-0.15, -0.1) is 0 Å². The fraction of sp³-hybridized carbons (Fsp3) is 0.368. The Morgan fingerprint density at radius 2 is 1.91 bits per heavy atom. The van der Waals surface area contributed by atoms with Crippen molar-refractivity contribution in [2.75, 3.05) is 13.1 Å². The first-order valence-corrected chi connectivity index (χ1v) is 7.92. The van der Waals surface area contributed by atoms with Gasteiger partial charge in [0.25, 0.3) is 5.91 Å². The van der Waals surface area contributed by atoms with Crippen molar-refractivity contribution in [3.63, 3.8) is 0 Å². The van der Waals surface area contributed by atoms with Gasteiger partial charge in [0.15, 0.2) is 0 Å². The second-order valence-corrected chi connectivity index (χ2v) is 7.05. The van der Waals surface area contributed by atoms with Crippen LogP contribution >= 0.6 is 0 Å². The molecule has 0 saturated carbocycles. The van der Waals surface area contributed by atoms with Crippen molar-refractivity contribution in [3.05, 3.63) is 69.6 Å². The summed E-state index contributed by atoms with van der Waals surface area (Å²) in [7, 11) is 0. The molecule has 0 radical (unpaired) electrons. The summed E-state index contributed by atoms with van der Waals surface area (Å²) in [5.41, 5.74) is 2.21. The second-order valence-electron chi connectivity index (χ2n) is 7.05. The Bertz CT molecular complexity index is 777. The molecule has 1 atom stereocenters. The molecule has 2 aromatic rings. The molecule has 1 aliphatic heterocycles. The Morgan fingerprint density at radius 1 is 1.22 bits per heavy atom. The highest BCUT2D eigenvalue weighted by Gasteiger charge is 2.42. The number of H-pyrrole nitrogens is 1. The zero-order valence-electron chi connectivity index (χ0n) is 13.8. The SMILES string of the molecule is Cc1cc(C(=O)N2CC(c3ccccc3)C(C)(C)C2)cc(=O)[nH]1. The maximum absolute atomic E-state index is 12.8. The number of hydrogen-bond donors (Lipinski definition) is 1. The third-order valence-electron chi connectivity index (χ3n) is 4.66. The Morgan fingerprint density at radius 3 is 2.57 bits per heavy atom. The predicted octanol–water partition coefficient (Wildman–Crippen LogP) is 2.95. The quantitative estimate of drug-likeness (QED) is 0.927. The van der Waals surface area contributed by atoms with Gasteiger partial charge in [-0.2, -0.15) is 0 Å². The van der Waals surface area contributed by atoms with Crippen LogP contribution in [-0.4, -0.2) is 28.9 Å². The number of nitrogens with zero attached hydrogens (tertiary/aromatic N) is 1. The highest BCUT2D eigenvalue weighted by atomic mass is 16.2. The third kappa shape index (κ3) is 3.07. The van der Waals surface area contributed by atoms with Gasteiger partial charge in [-0.05, 0) is 24.0 Å². The highest BCUT2D eigenvalue weighted by Crippen LogP contribution is 2.42. The minimum Gasteiger partial charge on any atom is -0.337 e. The van der Waals surface area contributed by atoms with E-state index in [2.05, 4.69) is 31.0 Å². The first-order valence-electron chi connectivity index (χ1n) is 7.92. The summed E-state index contributed by atoms with van der Waals surface area (Å²) in [6, 6.07) is 13.5. The summed E-state index contributed by atoms with van der Waals surface area (Å²) in [5, 5.41) is 0. The van der Waals surface area contributed by atoms with E-state index < -0.39 is 0 Å². The van der Waals surface area contributed by atoms with Gasteiger partial charge in [0, 0.05) is 36.3 Å². The van der Waals surface area contributed by atoms with Gasteiger partial charge >= 0.3 is 0 Å². The smallest absolute Gasteiger partial charge is 0.254 e. The molecule has 1 aromatic carbocycles. The molecule has 1 aromatic heterocycles. The van der Waals surface area contributed by atoms with Crippen LogP contribution in [0.4, 0.5) is 0 Å². The van der Waals surface area contributed by atoms with E-state index in [1.165, 1.54) is 11.6 Å². The average Bonchev–Trinajstić information content (AvgIpc) is 2.82. The van der Waals surface area contributed by atoms with Crippen LogP contribution in [0.15, 0.2) is 47.3 Å². The van der Waals surface area contributed by atoms with Crippen LogP contribution in [0.2, 0.25) is 0 Å². The number of carbonyl (C=O) groups excluding carboxylic acids is 1. The molecule has 1 unspecified atom stereocenters. The Balaban J connectivity index is 1.88. The number of pyridine rings is 1. The highest BCUT2D eigenvalue weighted by molar-refractivity contribution is 5.94. The van der Waals surface area contributed by atoms with Gasteiger partial charge in [0.1, 0.15) is 0 Å². The van der Waals surface area contributed by atoms with Crippen molar-refractivity contribution >= 4 is 5.91 Å². The van der Waals surface area contributed by atoms with Gasteiger partial charge < -0.3 is 9.88 Å². The molecule has 4 heteroatoms. The summed E-state index contributed by atoms with van der Waals surface area (Å²) in [5.74, 6) is 0.237. The van der Waals surface area contributed by atoms with Gasteiger partial charge in [-0.25, -0.2) is 0 Å².